The molecule has 0 saturated carbocycles. The first-order valence-corrected chi connectivity index (χ1v) is 5.43. The molecule has 1 N–H and O–H groups in total. The van der Waals surface area contributed by atoms with Gasteiger partial charge in [-0.2, -0.15) is 0 Å². The van der Waals surface area contributed by atoms with E-state index in [1.807, 2.05) is 20.8 Å². The highest BCUT2D eigenvalue weighted by Crippen LogP contribution is 2.10. The van der Waals surface area contributed by atoms with Crippen LogP contribution in [0.3, 0.4) is 0 Å². The van der Waals surface area contributed by atoms with Crippen LogP contribution in [0, 0.1) is 6.92 Å². The quantitative estimate of drug-likeness (QED) is 0.740. The van der Waals surface area contributed by atoms with Gasteiger partial charge in [-0.25, -0.2) is 4.98 Å². The number of rotatable bonds is 1. The molecule has 0 fully saturated rings. The lowest BCUT2D eigenvalue weighted by Crippen LogP contribution is -2.36. The van der Waals surface area contributed by atoms with Crippen molar-refractivity contribution in [2.24, 2.45) is 0 Å². The van der Waals surface area contributed by atoms with Crippen LogP contribution in [-0.4, -0.2) is 16.1 Å². The van der Waals surface area contributed by atoms with Gasteiger partial charge in [0.2, 0.25) is 0 Å². The largest absolute Gasteiger partial charge is 0.311 e. The fourth-order valence-electron chi connectivity index (χ4n) is 2.16. The average molecular weight is 207 g/mol. The van der Waals surface area contributed by atoms with E-state index in [1.165, 1.54) is 0 Å². The van der Waals surface area contributed by atoms with Gasteiger partial charge in [-0.1, -0.05) is 0 Å². The van der Waals surface area contributed by atoms with Crippen LogP contribution in [0.4, 0.5) is 0 Å². The van der Waals surface area contributed by atoms with Crippen molar-refractivity contribution in [3.63, 3.8) is 0 Å². The van der Waals surface area contributed by atoms with Gasteiger partial charge in [0, 0.05) is 18.2 Å². The van der Waals surface area contributed by atoms with E-state index in [-0.39, 0.29) is 11.6 Å². The minimum Gasteiger partial charge on any atom is -0.311 e. The number of aryl methyl sites for hydroxylation is 1. The molecule has 0 unspecified atom stereocenters. The summed E-state index contributed by atoms with van der Waals surface area (Å²) in [6, 6.07) is 0.185. The second kappa shape index (κ2) is 3.77. The van der Waals surface area contributed by atoms with Gasteiger partial charge in [-0.15, -0.1) is 0 Å². The zero-order valence-corrected chi connectivity index (χ0v) is 9.50. The Morgan fingerprint density at radius 3 is 2.87 bits per heavy atom. The van der Waals surface area contributed by atoms with Gasteiger partial charge >= 0.3 is 0 Å². The van der Waals surface area contributed by atoms with Crippen molar-refractivity contribution in [2.75, 3.05) is 6.54 Å². The lowest BCUT2D eigenvalue weighted by Gasteiger charge is -2.20. The van der Waals surface area contributed by atoms with E-state index in [0.29, 0.717) is 0 Å². The van der Waals surface area contributed by atoms with Crippen molar-refractivity contribution in [1.82, 2.24) is 14.9 Å². The van der Waals surface area contributed by atoms with Crippen LogP contribution in [0.15, 0.2) is 4.79 Å². The van der Waals surface area contributed by atoms with Gasteiger partial charge in [0.25, 0.3) is 5.56 Å². The van der Waals surface area contributed by atoms with E-state index < -0.39 is 0 Å². The number of fused-ring (bicyclic) bond motifs is 1. The van der Waals surface area contributed by atoms with Gasteiger partial charge in [0.15, 0.2) is 0 Å². The number of hydrogen-bond acceptors (Lipinski definition) is 3. The number of hydrogen-bond donors (Lipinski definition) is 1. The molecule has 1 aliphatic rings. The Kier molecular flexibility index (Phi) is 2.61. The standard InChI is InChI=1S/C11H17N3O/c1-7(2)14-8(3)13-10-6-12-5-4-9(10)11(14)15/h7,12H,4-6H2,1-3H3. The third kappa shape index (κ3) is 1.69. The Bertz CT molecular complexity index is 434. The molecule has 15 heavy (non-hydrogen) atoms. The van der Waals surface area contributed by atoms with E-state index in [4.69, 9.17) is 0 Å². The molecule has 1 aromatic heterocycles. The maximum absolute atomic E-state index is 12.2. The summed E-state index contributed by atoms with van der Waals surface area (Å²) >= 11 is 0. The molecule has 0 aliphatic carbocycles. The fourth-order valence-corrected chi connectivity index (χ4v) is 2.16. The summed E-state index contributed by atoms with van der Waals surface area (Å²) in [5.74, 6) is 0.817. The SMILES string of the molecule is Cc1nc2c(c(=O)n1C(C)C)CCNC2. The number of aromatic nitrogens is 2. The fraction of sp³-hybridized carbons (Fsp3) is 0.636. The van der Waals surface area contributed by atoms with Gasteiger partial charge < -0.3 is 5.32 Å². The molecule has 2 heterocycles. The summed E-state index contributed by atoms with van der Waals surface area (Å²) in [4.78, 5) is 16.7. The van der Waals surface area contributed by atoms with Crippen molar-refractivity contribution < 1.29 is 0 Å². The average Bonchev–Trinajstić information content (AvgIpc) is 2.17. The first-order chi connectivity index (χ1) is 7.11. The molecular weight excluding hydrogens is 190 g/mol. The lowest BCUT2D eigenvalue weighted by atomic mass is 10.1. The van der Waals surface area contributed by atoms with Gasteiger partial charge in [-0.3, -0.25) is 9.36 Å². The Morgan fingerprint density at radius 1 is 1.47 bits per heavy atom. The van der Waals surface area contributed by atoms with Crippen LogP contribution < -0.4 is 10.9 Å². The molecule has 0 aromatic carbocycles. The van der Waals surface area contributed by atoms with E-state index >= 15 is 0 Å². The van der Waals surface area contributed by atoms with Gasteiger partial charge in [0.05, 0.1) is 5.69 Å². The molecule has 82 valence electrons. The van der Waals surface area contributed by atoms with Crippen LogP contribution in [0.2, 0.25) is 0 Å². The molecule has 0 atom stereocenters. The van der Waals surface area contributed by atoms with Crippen LogP contribution in [0.5, 0.6) is 0 Å². The highest BCUT2D eigenvalue weighted by atomic mass is 16.1. The Hall–Kier alpha value is -1.16. The molecule has 0 saturated heterocycles. The van der Waals surface area contributed by atoms with Gasteiger partial charge in [0.1, 0.15) is 5.82 Å². The Labute approximate surface area is 89.3 Å². The molecule has 0 bridgehead atoms. The monoisotopic (exact) mass is 207 g/mol. The van der Waals surface area contributed by atoms with Crippen LogP contribution in [-0.2, 0) is 13.0 Å². The minimum absolute atomic E-state index is 0.147. The third-order valence-corrected chi connectivity index (χ3v) is 2.83. The van der Waals surface area contributed by atoms with E-state index in [9.17, 15) is 4.79 Å². The zero-order valence-electron chi connectivity index (χ0n) is 9.50. The van der Waals surface area contributed by atoms with Crippen molar-refractivity contribution in [3.05, 3.63) is 27.4 Å². The molecule has 4 heteroatoms. The lowest BCUT2D eigenvalue weighted by molar-refractivity contribution is 0.520. The summed E-state index contributed by atoms with van der Waals surface area (Å²) in [6.45, 7) is 7.54. The molecule has 0 spiro atoms. The third-order valence-electron chi connectivity index (χ3n) is 2.83. The highest BCUT2D eigenvalue weighted by molar-refractivity contribution is 5.21. The molecule has 0 amide bonds. The predicted octanol–water partition coefficient (Wildman–Crippen LogP) is 0.778. The molecule has 2 rings (SSSR count). The van der Waals surface area contributed by atoms with E-state index in [2.05, 4.69) is 10.3 Å². The van der Waals surface area contributed by atoms with E-state index in [1.54, 1.807) is 4.57 Å². The molecular formula is C11H17N3O. The smallest absolute Gasteiger partial charge is 0.257 e. The second-order valence-corrected chi connectivity index (χ2v) is 4.28. The summed E-state index contributed by atoms with van der Waals surface area (Å²) in [5.41, 5.74) is 1.97. The highest BCUT2D eigenvalue weighted by Gasteiger charge is 2.18. The maximum Gasteiger partial charge on any atom is 0.257 e. The minimum atomic E-state index is 0.147. The van der Waals surface area contributed by atoms with Crippen molar-refractivity contribution in [2.45, 2.75) is 39.8 Å². The predicted molar refractivity (Wildman–Crippen MR) is 59.0 cm³/mol. The van der Waals surface area contributed by atoms with Crippen molar-refractivity contribution in [1.29, 1.82) is 0 Å². The van der Waals surface area contributed by atoms with Crippen molar-refractivity contribution >= 4 is 0 Å². The van der Waals surface area contributed by atoms with Crippen LogP contribution in [0.1, 0.15) is 37.0 Å². The molecule has 0 radical (unpaired) electrons. The second-order valence-electron chi connectivity index (χ2n) is 4.28. The molecule has 4 nitrogen and oxygen atoms in total. The Balaban J connectivity index is 2.65. The normalized spacial score (nSPS) is 15.5. The van der Waals surface area contributed by atoms with E-state index in [0.717, 1.165) is 36.6 Å². The number of nitrogens with one attached hydrogen (secondary N) is 1. The first-order valence-electron chi connectivity index (χ1n) is 5.43. The van der Waals surface area contributed by atoms with Crippen molar-refractivity contribution in [3.8, 4) is 0 Å². The first kappa shape index (κ1) is 10.4. The summed E-state index contributed by atoms with van der Waals surface area (Å²) in [5, 5.41) is 3.23. The zero-order chi connectivity index (χ0) is 11.0. The van der Waals surface area contributed by atoms with Crippen LogP contribution >= 0.6 is 0 Å². The molecule has 1 aliphatic heterocycles. The summed E-state index contributed by atoms with van der Waals surface area (Å²) in [6.07, 6.45) is 0.800. The molecule has 1 aromatic rings. The Morgan fingerprint density at radius 2 is 2.20 bits per heavy atom. The number of nitrogens with zero attached hydrogens (tertiary/aromatic N) is 2. The van der Waals surface area contributed by atoms with Crippen LogP contribution in [0.25, 0.3) is 0 Å². The maximum atomic E-state index is 12.2. The summed E-state index contributed by atoms with van der Waals surface area (Å²) in [7, 11) is 0. The summed E-state index contributed by atoms with van der Waals surface area (Å²) < 4.78 is 1.78. The van der Waals surface area contributed by atoms with Gasteiger partial charge in [-0.05, 0) is 33.7 Å². The topological polar surface area (TPSA) is 46.9 Å².